The highest BCUT2D eigenvalue weighted by Gasteiger charge is 2.27. The van der Waals surface area contributed by atoms with Crippen LogP contribution >= 0.6 is 23.2 Å². The SMILES string of the molecule is CN1CCN(S(=O)(=O)c2ccc(Cl)c(CCl)c2)CC1. The van der Waals surface area contributed by atoms with Crippen molar-refractivity contribution in [2.24, 2.45) is 0 Å². The van der Waals surface area contributed by atoms with Gasteiger partial charge in [0.05, 0.1) is 4.90 Å². The van der Waals surface area contributed by atoms with E-state index >= 15 is 0 Å². The first-order valence-electron chi connectivity index (χ1n) is 5.98. The van der Waals surface area contributed by atoms with Crippen LogP contribution in [0.2, 0.25) is 5.02 Å². The smallest absolute Gasteiger partial charge is 0.243 e. The van der Waals surface area contributed by atoms with Crippen molar-refractivity contribution in [1.29, 1.82) is 0 Å². The minimum Gasteiger partial charge on any atom is -0.304 e. The summed E-state index contributed by atoms with van der Waals surface area (Å²) in [6.45, 7) is 2.51. The molecule has 0 aromatic heterocycles. The summed E-state index contributed by atoms with van der Waals surface area (Å²) >= 11 is 11.7. The molecule has 1 aliphatic rings. The third-order valence-corrected chi connectivity index (χ3v) is 5.81. The summed E-state index contributed by atoms with van der Waals surface area (Å²) in [7, 11) is -1.46. The summed E-state index contributed by atoms with van der Waals surface area (Å²) < 4.78 is 26.5. The number of likely N-dealkylation sites (N-methyl/N-ethyl adjacent to an activating group) is 1. The quantitative estimate of drug-likeness (QED) is 0.799. The number of piperazine rings is 1. The first kappa shape index (κ1) is 15.1. The molecule has 0 atom stereocenters. The van der Waals surface area contributed by atoms with E-state index in [1.807, 2.05) is 7.05 Å². The molecule has 0 N–H and O–H groups in total. The zero-order chi connectivity index (χ0) is 14.0. The second-order valence-corrected chi connectivity index (χ2v) is 7.21. The third-order valence-electron chi connectivity index (χ3n) is 3.26. The molecule has 0 unspecified atom stereocenters. The number of benzene rings is 1. The van der Waals surface area contributed by atoms with E-state index in [1.165, 1.54) is 10.4 Å². The lowest BCUT2D eigenvalue weighted by molar-refractivity contribution is 0.222. The highest BCUT2D eigenvalue weighted by atomic mass is 35.5. The molecule has 4 nitrogen and oxygen atoms in total. The Morgan fingerprint density at radius 2 is 1.84 bits per heavy atom. The Morgan fingerprint density at radius 1 is 1.21 bits per heavy atom. The zero-order valence-corrected chi connectivity index (χ0v) is 13.0. The molecule has 1 heterocycles. The average molecular weight is 323 g/mol. The molecule has 0 radical (unpaired) electrons. The number of hydrogen-bond acceptors (Lipinski definition) is 3. The van der Waals surface area contributed by atoms with Crippen molar-refractivity contribution in [2.75, 3.05) is 33.2 Å². The number of sulfonamides is 1. The van der Waals surface area contributed by atoms with Gasteiger partial charge in [0.15, 0.2) is 0 Å². The van der Waals surface area contributed by atoms with Gasteiger partial charge in [-0.25, -0.2) is 8.42 Å². The van der Waals surface area contributed by atoms with Crippen LogP contribution in [0.25, 0.3) is 0 Å². The molecule has 1 saturated heterocycles. The van der Waals surface area contributed by atoms with Gasteiger partial charge in [-0.3, -0.25) is 0 Å². The van der Waals surface area contributed by atoms with Crippen molar-refractivity contribution in [2.45, 2.75) is 10.8 Å². The van der Waals surface area contributed by atoms with Gasteiger partial charge in [0.25, 0.3) is 0 Å². The maximum absolute atomic E-state index is 12.5. The van der Waals surface area contributed by atoms with Gasteiger partial charge in [0.2, 0.25) is 10.0 Å². The second-order valence-electron chi connectivity index (χ2n) is 4.59. The molecule has 0 bridgehead atoms. The number of nitrogens with zero attached hydrogens (tertiary/aromatic N) is 2. The van der Waals surface area contributed by atoms with E-state index in [4.69, 9.17) is 23.2 Å². The normalized spacial score (nSPS) is 18.7. The number of hydrogen-bond donors (Lipinski definition) is 0. The molecule has 0 amide bonds. The van der Waals surface area contributed by atoms with E-state index in [9.17, 15) is 8.42 Å². The van der Waals surface area contributed by atoms with E-state index < -0.39 is 10.0 Å². The average Bonchev–Trinajstić information content (AvgIpc) is 2.39. The van der Waals surface area contributed by atoms with Gasteiger partial charge in [0, 0.05) is 37.1 Å². The highest BCUT2D eigenvalue weighted by Crippen LogP contribution is 2.24. The molecule has 0 saturated carbocycles. The molecule has 2 rings (SSSR count). The summed E-state index contributed by atoms with van der Waals surface area (Å²) in [6, 6.07) is 4.68. The molecule has 0 aliphatic carbocycles. The number of rotatable bonds is 3. The van der Waals surface area contributed by atoms with Crippen molar-refractivity contribution in [3.63, 3.8) is 0 Å². The topological polar surface area (TPSA) is 40.6 Å². The van der Waals surface area contributed by atoms with Crippen LogP contribution in [0, 0.1) is 0 Å². The standard InChI is InChI=1S/C12H16Cl2N2O2S/c1-15-4-6-16(7-5-15)19(17,18)11-2-3-12(14)10(8-11)9-13/h2-3,8H,4-7,9H2,1H3. The van der Waals surface area contributed by atoms with E-state index in [0.717, 1.165) is 13.1 Å². The van der Waals surface area contributed by atoms with Gasteiger partial charge in [0.1, 0.15) is 0 Å². The Balaban J connectivity index is 2.29. The van der Waals surface area contributed by atoms with Crippen LogP contribution in [-0.4, -0.2) is 50.8 Å². The van der Waals surface area contributed by atoms with Gasteiger partial charge < -0.3 is 4.90 Å². The van der Waals surface area contributed by atoms with E-state index in [0.29, 0.717) is 23.7 Å². The van der Waals surface area contributed by atoms with Crippen molar-refractivity contribution in [3.05, 3.63) is 28.8 Å². The second kappa shape index (κ2) is 5.97. The third kappa shape index (κ3) is 3.23. The van der Waals surface area contributed by atoms with E-state index in [2.05, 4.69) is 4.90 Å². The Bertz CT molecular complexity index is 555. The van der Waals surface area contributed by atoms with Crippen LogP contribution in [-0.2, 0) is 15.9 Å². The molecule has 19 heavy (non-hydrogen) atoms. The Hall–Kier alpha value is -0.330. The fraction of sp³-hybridized carbons (Fsp3) is 0.500. The maximum Gasteiger partial charge on any atom is 0.243 e. The fourth-order valence-electron chi connectivity index (χ4n) is 1.99. The van der Waals surface area contributed by atoms with Crippen molar-refractivity contribution < 1.29 is 8.42 Å². The lowest BCUT2D eigenvalue weighted by Gasteiger charge is -2.31. The van der Waals surface area contributed by atoms with Crippen LogP contribution in [0.1, 0.15) is 5.56 Å². The first-order chi connectivity index (χ1) is 8.95. The molecule has 1 fully saturated rings. The Kier molecular flexibility index (Phi) is 4.74. The number of halogens is 2. The van der Waals surface area contributed by atoms with Crippen LogP contribution in [0.5, 0.6) is 0 Å². The summed E-state index contributed by atoms with van der Waals surface area (Å²) in [5, 5.41) is 0.493. The highest BCUT2D eigenvalue weighted by molar-refractivity contribution is 7.89. The Morgan fingerprint density at radius 3 is 2.42 bits per heavy atom. The van der Waals surface area contributed by atoms with E-state index in [-0.39, 0.29) is 10.8 Å². The molecular weight excluding hydrogens is 307 g/mol. The van der Waals surface area contributed by atoms with Gasteiger partial charge in [-0.05, 0) is 30.8 Å². The van der Waals surface area contributed by atoms with Gasteiger partial charge >= 0.3 is 0 Å². The fourth-order valence-corrected chi connectivity index (χ4v) is 3.94. The minimum absolute atomic E-state index is 0.199. The largest absolute Gasteiger partial charge is 0.304 e. The predicted octanol–water partition coefficient (Wildman–Crippen LogP) is 2.01. The van der Waals surface area contributed by atoms with Gasteiger partial charge in [-0.15, -0.1) is 11.6 Å². The van der Waals surface area contributed by atoms with Gasteiger partial charge in [-0.1, -0.05) is 11.6 Å². The molecule has 1 aromatic carbocycles. The maximum atomic E-state index is 12.5. The molecule has 0 spiro atoms. The lowest BCUT2D eigenvalue weighted by Crippen LogP contribution is -2.47. The molecular formula is C12H16Cl2N2O2S. The number of alkyl halides is 1. The van der Waals surface area contributed by atoms with E-state index in [1.54, 1.807) is 12.1 Å². The summed E-state index contributed by atoms with van der Waals surface area (Å²) in [4.78, 5) is 2.37. The van der Waals surface area contributed by atoms with Crippen molar-refractivity contribution in [3.8, 4) is 0 Å². The van der Waals surface area contributed by atoms with Crippen LogP contribution in [0.3, 0.4) is 0 Å². The summed E-state index contributed by atoms with van der Waals surface area (Å²) in [6.07, 6.45) is 0. The molecule has 1 aliphatic heterocycles. The van der Waals surface area contributed by atoms with Gasteiger partial charge in [-0.2, -0.15) is 4.31 Å². The lowest BCUT2D eigenvalue weighted by atomic mass is 10.2. The summed E-state index contributed by atoms with van der Waals surface area (Å²) in [5.74, 6) is 0.199. The minimum atomic E-state index is -3.45. The Labute approximate surface area is 124 Å². The molecule has 1 aromatic rings. The monoisotopic (exact) mass is 322 g/mol. The van der Waals surface area contributed by atoms with Crippen LogP contribution < -0.4 is 0 Å². The van der Waals surface area contributed by atoms with Crippen molar-refractivity contribution in [1.82, 2.24) is 9.21 Å². The first-order valence-corrected chi connectivity index (χ1v) is 8.33. The molecule has 106 valence electrons. The predicted molar refractivity (Wildman–Crippen MR) is 77.3 cm³/mol. The summed E-state index contributed by atoms with van der Waals surface area (Å²) in [5.41, 5.74) is 0.638. The zero-order valence-electron chi connectivity index (χ0n) is 10.6. The molecule has 7 heteroatoms. The van der Waals surface area contributed by atoms with Crippen LogP contribution in [0.15, 0.2) is 23.1 Å². The van der Waals surface area contributed by atoms with Crippen molar-refractivity contribution >= 4 is 33.2 Å². The van der Waals surface area contributed by atoms with Crippen LogP contribution in [0.4, 0.5) is 0 Å².